The van der Waals surface area contributed by atoms with Crippen LogP contribution in [0, 0.1) is 21.4 Å². The molecule has 0 radical (unpaired) electrons. The second-order valence-corrected chi connectivity index (χ2v) is 5.56. The number of ether oxygens (including phenoxy) is 2. The van der Waals surface area contributed by atoms with Crippen LogP contribution in [0.25, 0.3) is 0 Å². The maximum Gasteiger partial charge on any atom is 0.573 e. The Labute approximate surface area is 166 Å². The quantitative estimate of drug-likeness (QED) is 0.453. The van der Waals surface area contributed by atoms with Crippen LogP contribution in [0.15, 0.2) is 54.9 Å². The predicted molar refractivity (Wildman–Crippen MR) is 96.3 cm³/mol. The number of pyridine rings is 2. The van der Waals surface area contributed by atoms with Gasteiger partial charge in [0.05, 0.1) is 22.4 Å². The van der Waals surface area contributed by atoms with Crippen molar-refractivity contribution in [3.05, 3.63) is 70.5 Å². The number of hydrogen-bond donors (Lipinski definition) is 1. The van der Waals surface area contributed by atoms with E-state index in [4.69, 9.17) is 10.00 Å². The number of rotatable bonds is 6. The third-order valence-corrected chi connectivity index (χ3v) is 3.50. The molecule has 2 aromatic heterocycles. The molecule has 1 aromatic carbocycles. The van der Waals surface area contributed by atoms with Gasteiger partial charge in [-0.05, 0) is 24.3 Å². The lowest BCUT2D eigenvalue weighted by Gasteiger charge is -2.12. The molecule has 0 fully saturated rings. The highest BCUT2D eigenvalue weighted by molar-refractivity contribution is 5.64. The second kappa shape index (κ2) is 8.31. The van der Waals surface area contributed by atoms with Gasteiger partial charge in [0.25, 0.3) is 0 Å². The van der Waals surface area contributed by atoms with Crippen molar-refractivity contribution in [2.24, 2.45) is 0 Å². The maximum atomic E-state index is 12.5. The summed E-state index contributed by atoms with van der Waals surface area (Å²) in [6.45, 7) is 0. The Balaban J connectivity index is 1.76. The van der Waals surface area contributed by atoms with Crippen LogP contribution in [0.3, 0.4) is 0 Å². The standard InChI is InChI=1S/C18H10F3N5O4/c19-18(20,21)30-15-8-13(5-3-11(15)9-22)29-16-6-4-12(10-24-16)25-17-14(26(27)28)2-1-7-23-17/h1-8,10H,(H,23,25). The molecule has 1 N–H and O–H groups in total. The summed E-state index contributed by atoms with van der Waals surface area (Å²) < 4.78 is 46.6. The first-order valence-corrected chi connectivity index (χ1v) is 8.05. The molecule has 152 valence electrons. The van der Waals surface area contributed by atoms with E-state index in [0.29, 0.717) is 5.69 Å². The summed E-state index contributed by atoms with van der Waals surface area (Å²) in [4.78, 5) is 18.3. The normalized spacial score (nSPS) is 10.7. The molecule has 0 aliphatic heterocycles. The first-order chi connectivity index (χ1) is 14.2. The van der Waals surface area contributed by atoms with Crippen molar-refractivity contribution in [1.29, 1.82) is 5.26 Å². The molecule has 12 heteroatoms. The summed E-state index contributed by atoms with van der Waals surface area (Å²) in [5.74, 6) is -0.706. The fourth-order valence-corrected chi connectivity index (χ4v) is 2.28. The van der Waals surface area contributed by atoms with E-state index in [2.05, 4.69) is 20.0 Å². The lowest BCUT2D eigenvalue weighted by molar-refractivity contribution is -0.384. The van der Waals surface area contributed by atoms with Gasteiger partial charge in [-0.1, -0.05) is 0 Å². The Kier molecular flexibility index (Phi) is 5.63. The summed E-state index contributed by atoms with van der Waals surface area (Å²) in [7, 11) is 0. The number of nitro groups is 1. The van der Waals surface area contributed by atoms with E-state index in [1.165, 1.54) is 42.7 Å². The van der Waals surface area contributed by atoms with Crippen LogP contribution < -0.4 is 14.8 Å². The smallest absolute Gasteiger partial charge is 0.439 e. The Bertz CT molecular complexity index is 1110. The molecule has 0 spiro atoms. The molecule has 0 atom stereocenters. The Morgan fingerprint density at radius 1 is 1.17 bits per heavy atom. The van der Waals surface area contributed by atoms with Gasteiger partial charge in [0.15, 0.2) is 5.75 Å². The minimum Gasteiger partial charge on any atom is -0.439 e. The van der Waals surface area contributed by atoms with Gasteiger partial charge in [0.1, 0.15) is 11.8 Å². The van der Waals surface area contributed by atoms with E-state index >= 15 is 0 Å². The zero-order valence-corrected chi connectivity index (χ0v) is 14.8. The topological polar surface area (TPSA) is 123 Å². The van der Waals surface area contributed by atoms with Gasteiger partial charge in [-0.2, -0.15) is 5.26 Å². The predicted octanol–water partition coefficient (Wildman–Crippen LogP) is 4.69. The first-order valence-electron chi connectivity index (χ1n) is 8.05. The van der Waals surface area contributed by atoms with E-state index in [0.717, 1.165) is 12.1 Å². The Hall–Kier alpha value is -4.40. The van der Waals surface area contributed by atoms with Crippen molar-refractivity contribution < 1.29 is 27.6 Å². The van der Waals surface area contributed by atoms with Gasteiger partial charge < -0.3 is 14.8 Å². The summed E-state index contributed by atoms with van der Waals surface area (Å²) >= 11 is 0. The van der Waals surface area contributed by atoms with E-state index in [1.807, 2.05) is 0 Å². The lowest BCUT2D eigenvalue weighted by atomic mass is 10.2. The van der Waals surface area contributed by atoms with Gasteiger partial charge in [-0.3, -0.25) is 10.1 Å². The van der Waals surface area contributed by atoms with Crippen molar-refractivity contribution in [3.63, 3.8) is 0 Å². The van der Waals surface area contributed by atoms with Gasteiger partial charge in [-0.25, -0.2) is 9.97 Å². The van der Waals surface area contributed by atoms with E-state index < -0.39 is 17.0 Å². The molecule has 0 unspecified atom stereocenters. The van der Waals surface area contributed by atoms with Gasteiger partial charge in [0, 0.05) is 24.4 Å². The molecular weight excluding hydrogens is 407 g/mol. The summed E-state index contributed by atoms with van der Waals surface area (Å²) in [5, 5.41) is 22.7. The highest BCUT2D eigenvalue weighted by Gasteiger charge is 2.32. The number of alkyl halides is 3. The molecule has 3 aromatic rings. The van der Waals surface area contributed by atoms with Crippen LogP contribution in [-0.2, 0) is 0 Å². The second-order valence-electron chi connectivity index (χ2n) is 5.56. The molecule has 0 saturated carbocycles. The summed E-state index contributed by atoms with van der Waals surface area (Å²) in [5.41, 5.74) is -0.179. The highest BCUT2D eigenvalue weighted by Crippen LogP contribution is 2.32. The molecule has 3 rings (SSSR count). The fraction of sp³-hybridized carbons (Fsp3) is 0.0556. The molecule has 0 bridgehead atoms. The zero-order valence-electron chi connectivity index (χ0n) is 14.8. The number of aromatic nitrogens is 2. The third-order valence-electron chi connectivity index (χ3n) is 3.50. The minimum absolute atomic E-state index is 0.0130. The van der Waals surface area contributed by atoms with Gasteiger partial charge >= 0.3 is 12.0 Å². The first kappa shape index (κ1) is 20.3. The minimum atomic E-state index is -4.97. The molecule has 2 heterocycles. The van der Waals surface area contributed by atoms with Crippen LogP contribution in [0.5, 0.6) is 17.4 Å². The maximum absolute atomic E-state index is 12.5. The number of halogens is 3. The molecule has 9 nitrogen and oxygen atoms in total. The van der Waals surface area contributed by atoms with Crippen molar-refractivity contribution in [2.75, 3.05) is 5.32 Å². The third kappa shape index (κ3) is 5.10. The SMILES string of the molecule is N#Cc1ccc(Oc2ccc(Nc3ncccc3[N+](=O)[O-])cn2)cc1OC(F)(F)F. The van der Waals surface area contributed by atoms with Crippen LogP contribution in [0.4, 0.5) is 30.4 Å². The summed E-state index contributed by atoms with van der Waals surface area (Å²) in [6.07, 6.45) is -2.29. The molecule has 0 amide bonds. The Morgan fingerprint density at radius 3 is 2.60 bits per heavy atom. The van der Waals surface area contributed by atoms with Crippen LogP contribution in [-0.4, -0.2) is 21.3 Å². The van der Waals surface area contributed by atoms with Crippen molar-refractivity contribution >= 4 is 17.2 Å². The Morgan fingerprint density at radius 2 is 1.97 bits per heavy atom. The van der Waals surface area contributed by atoms with Crippen molar-refractivity contribution in [1.82, 2.24) is 9.97 Å². The molecular formula is C18H10F3N5O4. The van der Waals surface area contributed by atoms with Crippen molar-refractivity contribution in [2.45, 2.75) is 6.36 Å². The highest BCUT2D eigenvalue weighted by atomic mass is 19.4. The number of nitriles is 1. The van der Waals surface area contributed by atoms with Crippen LogP contribution >= 0.6 is 0 Å². The summed E-state index contributed by atoms with van der Waals surface area (Å²) in [6, 6.07) is 10.5. The largest absolute Gasteiger partial charge is 0.573 e. The van der Waals surface area contributed by atoms with Gasteiger partial charge in [0.2, 0.25) is 11.7 Å². The van der Waals surface area contributed by atoms with Crippen LogP contribution in [0.2, 0.25) is 0 Å². The van der Waals surface area contributed by atoms with E-state index in [9.17, 15) is 23.3 Å². The average molecular weight is 417 g/mol. The van der Waals surface area contributed by atoms with Gasteiger partial charge in [-0.15, -0.1) is 13.2 Å². The number of nitrogens with zero attached hydrogens (tertiary/aromatic N) is 4. The lowest BCUT2D eigenvalue weighted by Crippen LogP contribution is -2.17. The monoisotopic (exact) mass is 417 g/mol. The molecule has 0 aliphatic carbocycles. The van der Waals surface area contributed by atoms with Crippen molar-refractivity contribution in [3.8, 4) is 23.4 Å². The van der Waals surface area contributed by atoms with Crippen LogP contribution in [0.1, 0.15) is 5.56 Å². The number of benzene rings is 1. The molecule has 30 heavy (non-hydrogen) atoms. The van der Waals surface area contributed by atoms with E-state index in [1.54, 1.807) is 6.07 Å². The molecule has 0 aliphatic rings. The average Bonchev–Trinajstić information content (AvgIpc) is 2.69. The molecule has 0 saturated heterocycles. The fourth-order valence-electron chi connectivity index (χ4n) is 2.28. The number of anilines is 2. The number of nitrogens with one attached hydrogen (secondary N) is 1. The van der Waals surface area contributed by atoms with E-state index in [-0.39, 0.29) is 28.7 Å². The zero-order chi connectivity index (χ0) is 21.7. The number of hydrogen-bond acceptors (Lipinski definition) is 8.